The van der Waals surface area contributed by atoms with Gasteiger partial charge in [-0.3, -0.25) is 9.48 Å². The lowest BCUT2D eigenvalue weighted by molar-refractivity contribution is 0.628. The zero-order valence-corrected chi connectivity index (χ0v) is 12.9. The summed E-state index contributed by atoms with van der Waals surface area (Å²) < 4.78 is 16.3. The summed E-state index contributed by atoms with van der Waals surface area (Å²) in [6.07, 6.45) is 1.57. The Balaban J connectivity index is 2.04. The van der Waals surface area contributed by atoms with Gasteiger partial charge in [0.1, 0.15) is 5.82 Å². The van der Waals surface area contributed by atoms with Crippen molar-refractivity contribution in [1.82, 2.24) is 9.36 Å². The number of para-hydroxylation sites is 1. The molecule has 0 N–H and O–H groups in total. The van der Waals surface area contributed by atoms with Crippen molar-refractivity contribution < 1.29 is 4.39 Å². The molecule has 3 aromatic rings. The van der Waals surface area contributed by atoms with Crippen LogP contribution in [0.3, 0.4) is 0 Å². The summed E-state index contributed by atoms with van der Waals surface area (Å²) in [5.41, 5.74) is 2.47. The molecule has 0 amide bonds. The first kappa shape index (κ1) is 15.0. The number of hydrogen-bond acceptors (Lipinski definition) is 2. The van der Waals surface area contributed by atoms with E-state index in [9.17, 15) is 9.18 Å². The summed E-state index contributed by atoms with van der Waals surface area (Å²) in [6, 6.07) is 15.4. The predicted octanol–water partition coefficient (Wildman–Crippen LogP) is 3.37. The van der Waals surface area contributed by atoms with Crippen LogP contribution in [0, 0.1) is 12.7 Å². The van der Waals surface area contributed by atoms with E-state index in [0.717, 1.165) is 16.9 Å². The van der Waals surface area contributed by atoms with Crippen LogP contribution in [0.15, 0.2) is 64.4 Å². The van der Waals surface area contributed by atoms with Crippen LogP contribution in [0.1, 0.15) is 11.3 Å². The Bertz CT molecular complexity index is 906. The van der Waals surface area contributed by atoms with Crippen molar-refractivity contribution in [3.05, 3.63) is 82.0 Å². The lowest BCUT2D eigenvalue weighted by Gasteiger charge is -2.07. The van der Waals surface area contributed by atoms with Crippen molar-refractivity contribution in [2.45, 2.75) is 6.92 Å². The molecule has 0 aliphatic heterocycles. The smallest absolute Gasteiger partial charge is 0.283 e. The molecule has 23 heavy (non-hydrogen) atoms. The number of benzene rings is 2. The number of rotatable bonds is 3. The van der Waals surface area contributed by atoms with Gasteiger partial charge in [-0.25, -0.2) is 14.1 Å². The van der Waals surface area contributed by atoms with E-state index in [1.807, 2.05) is 44.3 Å². The van der Waals surface area contributed by atoms with E-state index in [2.05, 4.69) is 4.99 Å². The fraction of sp³-hybridized carbons (Fsp3) is 0.111. The number of nitrogens with zero attached hydrogens (tertiary/aromatic N) is 3. The first-order valence-corrected chi connectivity index (χ1v) is 7.21. The van der Waals surface area contributed by atoms with Crippen LogP contribution < -0.4 is 5.56 Å². The largest absolute Gasteiger partial charge is 0.297 e. The Morgan fingerprint density at radius 1 is 1.04 bits per heavy atom. The molecule has 0 saturated heterocycles. The summed E-state index contributed by atoms with van der Waals surface area (Å²) in [7, 11) is 1.82. The third-order valence-electron chi connectivity index (χ3n) is 3.74. The number of hydrogen-bond donors (Lipinski definition) is 0. The zero-order chi connectivity index (χ0) is 16.4. The Kier molecular flexibility index (Phi) is 3.93. The molecular weight excluding hydrogens is 293 g/mol. The SMILES string of the molecule is Cc1c(N=Cc2ccc(F)cc2)c(=O)n(-c2ccccc2)n1C. The second kappa shape index (κ2) is 6.04. The highest BCUT2D eigenvalue weighted by atomic mass is 19.1. The van der Waals surface area contributed by atoms with Crippen LogP contribution in [-0.2, 0) is 7.05 Å². The average Bonchev–Trinajstić information content (AvgIpc) is 2.78. The van der Waals surface area contributed by atoms with Gasteiger partial charge in [0.05, 0.1) is 11.4 Å². The summed E-state index contributed by atoms with van der Waals surface area (Å²) in [6.45, 7) is 1.85. The van der Waals surface area contributed by atoms with E-state index in [1.165, 1.54) is 12.1 Å². The molecule has 0 fully saturated rings. The van der Waals surface area contributed by atoms with Crippen LogP contribution in [-0.4, -0.2) is 15.6 Å². The fourth-order valence-corrected chi connectivity index (χ4v) is 2.39. The second-order valence-electron chi connectivity index (χ2n) is 5.22. The normalized spacial score (nSPS) is 11.3. The van der Waals surface area contributed by atoms with E-state index in [-0.39, 0.29) is 11.4 Å². The van der Waals surface area contributed by atoms with Crippen molar-refractivity contribution in [3.8, 4) is 5.69 Å². The molecular formula is C18H16FN3O. The van der Waals surface area contributed by atoms with Gasteiger partial charge in [0.25, 0.3) is 5.56 Å². The van der Waals surface area contributed by atoms with Gasteiger partial charge in [0, 0.05) is 13.3 Å². The molecule has 0 atom stereocenters. The molecule has 0 unspecified atom stereocenters. The third kappa shape index (κ3) is 2.85. The van der Waals surface area contributed by atoms with Crippen LogP contribution in [0.4, 0.5) is 10.1 Å². The average molecular weight is 309 g/mol. The van der Waals surface area contributed by atoms with E-state index in [0.29, 0.717) is 5.69 Å². The first-order valence-electron chi connectivity index (χ1n) is 7.21. The van der Waals surface area contributed by atoms with Gasteiger partial charge in [0.15, 0.2) is 5.69 Å². The Labute approximate surface area is 133 Å². The van der Waals surface area contributed by atoms with Gasteiger partial charge >= 0.3 is 0 Å². The summed E-state index contributed by atoms with van der Waals surface area (Å²) in [5, 5.41) is 0. The quantitative estimate of drug-likeness (QED) is 0.684. The zero-order valence-electron chi connectivity index (χ0n) is 12.9. The van der Waals surface area contributed by atoms with Crippen molar-refractivity contribution in [2.24, 2.45) is 12.0 Å². The molecule has 5 heteroatoms. The summed E-state index contributed by atoms with van der Waals surface area (Å²) in [4.78, 5) is 17.0. The molecule has 0 radical (unpaired) electrons. The number of aliphatic imine (C=N–C) groups is 1. The molecule has 2 aromatic carbocycles. The molecule has 0 aliphatic carbocycles. The number of halogens is 1. The van der Waals surface area contributed by atoms with Gasteiger partial charge in [0.2, 0.25) is 0 Å². The molecule has 0 saturated carbocycles. The Morgan fingerprint density at radius 2 is 1.70 bits per heavy atom. The maximum absolute atomic E-state index is 12.9. The lowest BCUT2D eigenvalue weighted by Crippen LogP contribution is -2.19. The van der Waals surface area contributed by atoms with Gasteiger partial charge in [-0.1, -0.05) is 30.3 Å². The van der Waals surface area contributed by atoms with Crippen LogP contribution in [0.5, 0.6) is 0 Å². The molecule has 0 bridgehead atoms. The highest BCUT2D eigenvalue weighted by Gasteiger charge is 2.14. The van der Waals surface area contributed by atoms with Gasteiger partial charge in [-0.2, -0.15) is 0 Å². The minimum atomic E-state index is -0.301. The first-order chi connectivity index (χ1) is 11.1. The standard InChI is InChI=1S/C18H16FN3O/c1-13-17(20-12-14-8-10-15(19)11-9-14)18(23)22(21(13)2)16-6-4-3-5-7-16/h3-12H,1-2H3. The van der Waals surface area contributed by atoms with Crippen molar-refractivity contribution in [1.29, 1.82) is 0 Å². The van der Waals surface area contributed by atoms with Crippen LogP contribution in [0.25, 0.3) is 5.69 Å². The van der Waals surface area contributed by atoms with E-state index < -0.39 is 0 Å². The van der Waals surface area contributed by atoms with Crippen molar-refractivity contribution >= 4 is 11.9 Å². The van der Waals surface area contributed by atoms with Gasteiger partial charge < -0.3 is 0 Å². The molecule has 1 heterocycles. The third-order valence-corrected chi connectivity index (χ3v) is 3.74. The molecule has 0 spiro atoms. The number of aromatic nitrogens is 2. The Morgan fingerprint density at radius 3 is 2.35 bits per heavy atom. The highest BCUT2D eigenvalue weighted by molar-refractivity contribution is 5.82. The maximum atomic E-state index is 12.9. The summed E-state index contributed by atoms with van der Waals surface area (Å²) in [5.74, 6) is -0.301. The second-order valence-corrected chi connectivity index (χ2v) is 5.22. The highest BCUT2D eigenvalue weighted by Crippen LogP contribution is 2.16. The Hall–Kier alpha value is -2.95. The lowest BCUT2D eigenvalue weighted by atomic mass is 10.2. The summed E-state index contributed by atoms with van der Waals surface area (Å²) >= 11 is 0. The predicted molar refractivity (Wildman–Crippen MR) is 89.4 cm³/mol. The van der Waals surface area contributed by atoms with Crippen LogP contribution >= 0.6 is 0 Å². The molecule has 116 valence electrons. The van der Waals surface area contributed by atoms with Crippen molar-refractivity contribution in [2.75, 3.05) is 0 Å². The minimum Gasteiger partial charge on any atom is -0.283 e. The topological polar surface area (TPSA) is 39.3 Å². The molecule has 0 aliphatic rings. The fourth-order valence-electron chi connectivity index (χ4n) is 2.39. The molecule has 4 nitrogen and oxygen atoms in total. The van der Waals surface area contributed by atoms with Crippen LogP contribution in [0.2, 0.25) is 0 Å². The van der Waals surface area contributed by atoms with Gasteiger partial charge in [-0.15, -0.1) is 0 Å². The minimum absolute atomic E-state index is 0.186. The maximum Gasteiger partial charge on any atom is 0.297 e. The van der Waals surface area contributed by atoms with E-state index >= 15 is 0 Å². The molecule has 1 aromatic heterocycles. The molecule has 3 rings (SSSR count). The van der Waals surface area contributed by atoms with Gasteiger partial charge in [-0.05, 0) is 36.8 Å². The monoisotopic (exact) mass is 309 g/mol. The van der Waals surface area contributed by atoms with E-state index in [1.54, 1.807) is 27.7 Å². The van der Waals surface area contributed by atoms with Crippen molar-refractivity contribution in [3.63, 3.8) is 0 Å². The van der Waals surface area contributed by atoms with E-state index in [4.69, 9.17) is 0 Å².